The number of carboxylic acid groups (broad SMARTS) is 1. The van der Waals surface area contributed by atoms with Crippen molar-refractivity contribution in [2.45, 2.75) is 118 Å². The van der Waals surface area contributed by atoms with Crippen molar-refractivity contribution in [3.05, 3.63) is 11.6 Å². The predicted octanol–water partition coefficient (Wildman–Crippen LogP) is 6.20. The minimum Gasteiger partial charge on any atom is -0.481 e. The quantitative estimate of drug-likeness (QED) is 0.397. The summed E-state index contributed by atoms with van der Waals surface area (Å²) in [6, 6.07) is 0. The molecule has 0 bridgehead atoms. The standard InChI is InChI=1S/C30H48O4/c1-25(2)20-10-13-30(7)21(28(20,5)12-11-22(25)31)9-8-18-19-16-26(3,24(33)34)17-23(32)27(19,4)14-15-29(18,30)6/h8,19-23,31-32H,9-17H2,1-7H3,(H,33,34)/t19-,20-,21+,22-,23-,26+,27+,28-,29+,30+/m0/s1. The average Bonchev–Trinajstić information content (AvgIpc) is 2.73. The first-order valence-electron chi connectivity index (χ1n) is 13.9. The van der Waals surface area contributed by atoms with Crippen LogP contribution in [0, 0.1) is 50.2 Å². The van der Waals surface area contributed by atoms with E-state index >= 15 is 0 Å². The van der Waals surface area contributed by atoms with Crippen molar-refractivity contribution in [2.75, 3.05) is 0 Å². The van der Waals surface area contributed by atoms with Crippen LogP contribution in [0.25, 0.3) is 0 Å². The van der Waals surface area contributed by atoms with Crippen molar-refractivity contribution in [2.24, 2.45) is 50.2 Å². The van der Waals surface area contributed by atoms with Crippen LogP contribution in [0.3, 0.4) is 0 Å². The van der Waals surface area contributed by atoms with Crippen LogP contribution in [0.1, 0.15) is 106 Å². The fraction of sp³-hybridized carbons (Fsp3) is 0.900. The third-order valence-electron chi connectivity index (χ3n) is 13.4. The molecule has 4 heteroatoms. The van der Waals surface area contributed by atoms with Gasteiger partial charge in [-0.15, -0.1) is 0 Å². The molecule has 4 fully saturated rings. The SMILES string of the molecule is CC1(C)[C@@H](O)CC[C@]2(C)[C@H]3CC=C4[C@@H]5C[C@@](C)(C(=O)O)C[C@H](O)[C@]5(C)CC[C@@]4(C)[C@]3(C)CC[C@@H]12. The summed E-state index contributed by atoms with van der Waals surface area (Å²) >= 11 is 0. The van der Waals surface area contributed by atoms with Crippen LogP contribution in [-0.4, -0.2) is 33.5 Å². The second-order valence-corrected chi connectivity index (χ2v) is 15.0. The Kier molecular flexibility index (Phi) is 5.20. The molecule has 10 atom stereocenters. The normalized spacial score (nSPS) is 56.3. The molecule has 0 aromatic carbocycles. The highest BCUT2D eigenvalue weighted by Gasteiger charge is 2.69. The van der Waals surface area contributed by atoms with Crippen LogP contribution < -0.4 is 0 Å². The molecule has 5 aliphatic carbocycles. The van der Waals surface area contributed by atoms with Crippen molar-refractivity contribution in [1.29, 1.82) is 0 Å². The molecule has 0 spiro atoms. The van der Waals surface area contributed by atoms with Gasteiger partial charge >= 0.3 is 5.97 Å². The first-order valence-corrected chi connectivity index (χ1v) is 13.9. The van der Waals surface area contributed by atoms with Gasteiger partial charge in [0.1, 0.15) is 0 Å². The predicted molar refractivity (Wildman–Crippen MR) is 134 cm³/mol. The van der Waals surface area contributed by atoms with Gasteiger partial charge in [0, 0.05) is 5.41 Å². The largest absolute Gasteiger partial charge is 0.481 e. The van der Waals surface area contributed by atoms with Crippen molar-refractivity contribution in [3.63, 3.8) is 0 Å². The highest BCUT2D eigenvalue weighted by Crippen LogP contribution is 2.75. The first kappa shape index (κ1) is 24.8. The molecule has 4 saturated carbocycles. The minimum absolute atomic E-state index is 0.0325. The van der Waals surface area contributed by atoms with E-state index in [1.807, 2.05) is 6.92 Å². The van der Waals surface area contributed by atoms with Gasteiger partial charge in [0.15, 0.2) is 0 Å². The maximum absolute atomic E-state index is 12.3. The molecule has 192 valence electrons. The molecule has 5 rings (SSSR count). The van der Waals surface area contributed by atoms with E-state index in [4.69, 9.17) is 0 Å². The third-order valence-corrected chi connectivity index (χ3v) is 13.4. The molecule has 5 aliphatic rings. The molecule has 4 nitrogen and oxygen atoms in total. The summed E-state index contributed by atoms with van der Waals surface area (Å²) in [5.74, 6) is 0.463. The van der Waals surface area contributed by atoms with Crippen LogP contribution in [0.15, 0.2) is 11.6 Å². The maximum atomic E-state index is 12.3. The highest BCUT2D eigenvalue weighted by molar-refractivity contribution is 5.74. The van der Waals surface area contributed by atoms with Gasteiger partial charge in [0.05, 0.1) is 17.6 Å². The summed E-state index contributed by atoms with van der Waals surface area (Å²) in [5.41, 5.74) is 0.706. The topological polar surface area (TPSA) is 77.8 Å². The molecule has 0 amide bonds. The monoisotopic (exact) mass is 472 g/mol. The molecule has 0 aromatic heterocycles. The fourth-order valence-corrected chi connectivity index (χ4v) is 10.6. The molecule has 0 aliphatic heterocycles. The number of carbonyl (C=O) groups is 1. The average molecular weight is 473 g/mol. The third kappa shape index (κ3) is 2.82. The van der Waals surface area contributed by atoms with Crippen molar-refractivity contribution in [3.8, 4) is 0 Å². The van der Waals surface area contributed by atoms with E-state index in [1.54, 1.807) is 0 Å². The van der Waals surface area contributed by atoms with Crippen LogP contribution in [0.4, 0.5) is 0 Å². The summed E-state index contributed by atoms with van der Waals surface area (Å²) in [7, 11) is 0. The second kappa shape index (κ2) is 7.12. The Morgan fingerprint density at radius 1 is 0.824 bits per heavy atom. The zero-order valence-corrected chi connectivity index (χ0v) is 22.6. The van der Waals surface area contributed by atoms with Gasteiger partial charge in [0.25, 0.3) is 0 Å². The number of aliphatic hydroxyl groups excluding tert-OH is 2. The lowest BCUT2D eigenvalue weighted by Crippen LogP contribution is -2.65. The van der Waals surface area contributed by atoms with Crippen LogP contribution in [0.2, 0.25) is 0 Å². The molecule has 3 N–H and O–H groups in total. The maximum Gasteiger partial charge on any atom is 0.309 e. The highest BCUT2D eigenvalue weighted by atomic mass is 16.4. The Balaban J connectivity index is 1.59. The second-order valence-electron chi connectivity index (χ2n) is 15.0. The fourth-order valence-electron chi connectivity index (χ4n) is 10.6. The van der Waals surface area contributed by atoms with E-state index in [2.05, 4.69) is 47.6 Å². The number of hydrogen-bond acceptors (Lipinski definition) is 3. The lowest BCUT2D eigenvalue weighted by Gasteiger charge is -2.71. The number of carboxylic acids is 1. The van der Waals surface area contributed by atoms with Gasteiger partial charge in [0.2, 0.25) is 0 Å². The molecule has 0 heterocycles. The Bertz CT molecular complexity index is 923. The van der Waals surface area contributed by atoms with E-state index in [0.29, 0.717) is 24.7 Å². The number of hydrogen-bond donors (Lipinski definition) is 3. The molecular weight excluding hydrogens is 424 g/mol. The van der Waals surface area contributed by atoms with E-state index in [1.165, 1.54) is 12.0 Å². The summed E-state index contributed by atoms with van der Waals surface area (Å²) in [6.07, 6.45) is 10.1. The van der Waals surface area contributed by atoms with Crippen LogP contribution >= 0.6 is 0 Å². The van der Waals surface area contributed by atoms with Crippen LogP contribution in [0.5, 0.6) is 0 Å². The molecule has 0 unspecified atom stereocenters. The van der Waals surface area contributed by atoms with Gasteiger partial charge in [-0.05, 0) is 104 Å². The summed E-state index contributed by atoms with van der Waals surface area (Å²) < 4.78 is 0. The smallest absolute Gasteiger partial charge is 0.309 e. The number of fused-ring (bicyclic) bond motifs is 7. The van der Waals surface area contributed by atoms with Crippen molar-refractivity contribution in [1.82, 2.24) is 0 Å². The molecule has 0 radical (unpaired) electrons. The van der Waals surface area contributed by atoms with E-state index in [9.17, 15) is 20.1 Å². The van der Waals surface area contributed by atoms with Crippen LogP contribution in [-0.2, 0) is 4.79 Å². The molecular formula is C30H48O4. The van der Waals surface area contributed by atoms with Crippen molar-refractivity contribution < 1.29 is 20.1 Å². The lowest BCUT2D eigenvalue weighted by molar-refractivity contribution is -0.208. The Morgan fingerprint density at radius 3 is 2.15 bits per heavy atom. The van der Waals surface area contributed by atoms with E-state index in [-0.39, 0.29) is 39.1 Å². The summed E-state index contributed by atoms with van der Waals surface area (Å²) in [4.78, 5) is 12.3. The van der Waals surface area contributed by atoms with Gasteiger partial charge in [-0.1, -0.05) is 53.2 Å². The Labute approximate surface area is 206 Å². The number of allylic oxidation sites excluding steroid dienone is 2. The number of aliphatic carboxylic acids is 1. The Morgan fingerprint density at radius 2 is 1.50 bits per heavy atom. The first-order chi connectivity index (χ1) is 15.6. The van der Waals surface area contributed by atoms with Gasteiger partial charge < -0.3 is 15.3 Å². The van der Waals surface area contributed by atoms with Gasteiger partial charge in [-0.25, -0.2) is 0 Å². The minimum atomic E-state index is -0.867. The molecule has 0 saturated heterocycles. The Hall–Kier alpha value is -0.870. The molecule has 0 aromatic rings. The van der Waals surface area contributed by atoms with E-state index < -0.39 is 17.5 Å². The molecule has 34 heavy (non-hydrogen) atoms. The van der Waals surface area contributed by atoms with Gasteiger partial charge in [-0.3, -0.25) is 4.79 Å². The van der Waals surface area contributed by atoms with Gasteiger partial charge in [-0.2, -0.15) is 0 Å². The number of aliphatic hydroxyl groups is 2. The summed E-state index contributed by atoms with van der Waals surface area (Å²) in [6.45, 7) is 16.2. The summed E-state index contributed by atoms with van der Waals surface area (Å²) in [5, 5.41) is 32.2. The zero-order valence-electron chi connectivity index (χ0n) is 22.6. The van der Waals surface area contributed by atoms with Crippen molar-refractivity contribution >= 4 is 5.97 Å². The zero-order chi connectivity index (χ0) is 25.1. The van der Waals surface area contributed by atoms with E-state index in [0.717, 1.165) is 38.5 Å². The number of rotatable bonds is 1. The lowest BCUT2D eigenvalue weighted by atomic mass is 9.33.